The highest BCUT2D eigenvalue weighted by molar-refractivity contribution is 8.05. The molecule has 0 saturated carbocycles. The maximum Gasteiger partial charge on any atom is 0.269 e. The van der Waals surface area contributed by atoms with Gasteiger partial charge in [-0.1, -0.05) is 83.0 Å². The molecule has 0 bridgehead atoms. The number of thioether (sulfide) groups is 1. The first-order chi connectivity index (χ1) is 16.4. The van der Waals surface area contributed by atoms with Crippen LogP contribution in [0.1, 0.15) is 11.1 Å². The van der Waals surface area contributed by atoms with Crippen LogP contribution in [-0.2, 0) is 16.0 Å². The van der Waals surface area contributed by atoms with Crippen LogP contribution in [-0.4, -0.2) is 17.1 Å². The first-order valence-electron chi connectivity index (χ1n) is 10.4. The molecule has 1 aliphatic heterocycles. The molecule has 2 amide bonds. The second kappa shape index (κ2) is 10.4. The Bertz CT molecular complexity index is 1320. The van der Waals surface area contributed by atoms with Gasteiger partial charge in [0, 0.05) is 10.7 Å². The van der Waals surface area contributed by atoms with Crippen molar-refractivity contribution in [3.63, 3.8) is 0 Å². The number of benzene rings is 3. The molecule has 0 aliphatic carbocycles. The zero-order valence-electron chi connectivity index (χ0n) is 18.1. The molecular formula is C26H19Cl2N3O2S. The summed E-state index contributed by atoms with van der Waals surface area (Å²) in [5.74, 6) is -0.855. The molecule has 4 rings (SSSR count). The molecule has 0 radical (unpaired) electrons. The zero-order valence-corrected chi connectivity index (χ0v) is 20.4. The minimum Gasteiger partial charge on any atom is -0.320 e. The van der Waals surface area contributed by atoms with Crippen LogP contribution in [0.2, 0.25) is 10.0 Å². The number of carbonyl (C=O) groups excluding carboxylic acids is 2. The summed E-state index contributed by atoms with van der Waals surface area (Å²) in [5, 5.41) is 13.1. The van der Waals surface area contributed by atoms with E-state index in [0.717, 1.165) is 11.1 Å². The number of hydrogen-bond donors (Lipinski definition) is 1. The molecule has 0 aromatic heterocycles. The van der Waals surface area contributed by atoms with Crippen LogP contribution < -0.4 is 10.2 Å². The molecule has 1 atom stereocenters. The normalized spacial score (nSPS) is 16.8. The van der Waals surface area contributed by atoms with Gasteiger partial charge in [0.2, 0.25) is 5.91 Å². The maximum absolute atomic E-state index is 13.5. The van der Waals surface area contributed by atoms with Crippen LogP contribution in [0.25, 0.3) is 0 Å². The van der Waals surface area contributed by atoms with Gasteiger partial charge in [-0.25, -0.2) is 0 Å². The second-order valence-electron chi connectivity index (χ2n) is 7.68. The number of nitriles is 1. The first kappa shape index (κ1) is 23.9. The van der Waals surface area contributed by atoms with Crippen molar-refractivity contribution in [3.05, 3.63) is 105 Å². The van der Waals surface area contributed by atoms with Crippen LogP contribution in [0.15, 0.2) is 83.4 Å². The van der Waals surface area contributed by atoms with Gasteiger partial charge < -0.3 is 5.32 Å². The van der Waals surface area contributed by atoms with Crippen molar-refractivity contribution in [2.75, 3.05) is 10.2 Å². The predicted molar refractivity (Wildman–Crippen MR) is 138 cm³/mol. The molecule has 1 saturated heterocycles. The quantitative estimate of drug-likeness (QED) is 0.321. The zero-order chi connectivity index (χ0) is 24.2. The molecule has 3 aromatic carbocycles. The topological polar surface area (TPSA) is 73.2 Å². The third-order valence-electron chi connectivity index (χ3n) is 5.24. The van der Waals surface area contributed by atoms with Crippen LogP contribution in [0.4, 0.5) is 11.4 Å². The van der Waals surface area contributed by atoms with Crippen LogP contribution in [0.3, 0.4) is 0 Å². The van der Waals surface area contributed by atoms with E-state index in [4.69, 9.17) is 23.2 Å². The average molecular weight is 508 g/mol. The Morgan fingerprint density at radius 1 is 1.09 bits per heavy atom. The van der Waals surface area contributed by atoms with E-state index in [-0.39, 0.29) is 27.2 Å². The van der Waals surface area contributed by atoms with Gasteiger partial charge in [0.25, 0.3) is 5.91 Å². The Morgan fingerprint density at radius 2 is 1.79 bits per heavy atom. The lowest BCUT2D eigenvalue weighted by molar-refractivity contribution is -0.117. The molecule has 0 unspecified atom stereocenters. The van der Waals surface area contributed by atoms with E-state index in [1.165, 1.54) is 22.7 Å². The summed E-state index contributed by atoms with van der Waals surface area (Å²) < 4.78 is 0. The van der Waals surface area contributed by atoms with Gasteiger partial charge in [-0.2, -0.15) is 5.26 Å². The summed E-state index contributed by atoms with van der Waals surface area (Å²) in [5.41, 5.74) is 2.82. The van der Waals surface area contributed by atoms with E-state index in [9.17, 15) is 14.9 Å². The van der Waals surface area contributed by atoms with Gasteiger partial charge in [0.1, 0.15) is 16.7 Å². The third kappa shape index (κ3) is 5.13. The van der Waals surface area contributed by atoms with E-state index in [1.807, 2.05) is 43.3 Å². The molecule has 1 fully saturated rings. The molecule has 34 heavy (non-hydrogen) atoms. The van der Waals surface area contributed by atoms with E-state index < -0.39 is 11.2 Å². The Hall–Kier alpha value is -3.24. The summed E-state index contributed by atoms with van der Waals surface area (Å²) in [6.45, 7) is 2.00. The van der Waals surface area contributed by atoms with Gasteiger partial charge in [0.05, 0.1) is 16.0 Å². The monoisotopic (exact) mass is 507 g/mol. The average Bonchev–Trinajstić information content (AvgIpc) is 3.14. The number of aryl methyl sites for hydroxylation is 1. The van der Waals surface area contributed by atoms with Gasteiger partial charge in [0.15, 0.2) is 0 Å². The standard InChI is InChI=1S/C26H19Cl2N3O2S/c1-16-7-9-17(10-8-16)13-23-25(33)31(19-5-3-2-4-6-19)26(34-23)20(15-29)24(32)30-22-14-18(27)11-12-21(22)28/h2-12,14,23H,13H2,1H3,(H,30,32)/b26-20-/t23-/m1/s1. The van der Waals surface area contributed by atoms with Crippen molar-refractivity contribution in [1.82, 2.24) is 0 Å². The van der Waals surface area contributed by atoms with Crippen molar-refractivity contribution in [2.45, 2.75) is 18.6 Å². The smallest absolute Gasteiger partial charge is 0.269 e. The second-order valence-corrected chi connectivity index (χ2v) is 9.71. The van der Waals surface area contributed by atoms with Crippen LogP contribution in [0, 0.1) is 18.3 Å². The highest BCUT2D eigenvalue weighted by Crippen LogP contribution is 2.42. The summed E-state index contributed by atoms with van der Waals surface area (Å²) in [7, 11) is 0. The van der Waals surface area contributed by atoms with Crippen LogP contribution in [0.5, 0.6) is 0 Å². The lowest BCUT2D eigenvalue weighted by Gasteiger charge is -2.18. The van der Waals surface area contributed by atoms with Crippen molar-refractivity contribution in [3.8, 4) is 6.07 Å². The number of hydrogen-bond acceptors (Lipinski definition) is 4. The Kier molecular flexibility index (Phi) is 7.28. The molecule has 1 aliphatic rings. The predicted octanol–water partition coefficient (Wildman–Crippen LogP) is 6.37. The number of carbonyl (C=O) groups is 2. The number of halogens is 2. The lowest BCUT2D eigenvalue weighted by atomic mass is 10.1. The molecule has 1 heterocycles. The van der Waals surface area contributed by atoms with Gasteiger partial charge in [-0.3, -0.25) is 14.5 Å². The molecule has 170 valence electrons. The Labute approximate surface area is 212 Å². The van der Waals surface area contributed by atoms with E-state index in [1.54, 1.807) is 36.4 Å². The van der Waals surface area contributed by atoms with E-state index >= 15 is 0 Å². The minimum absolute atomic E-state index is 0.176. The van der Waals surface area contributed by atoms with Gasteiger partial charge in [-0.15, -0.1) is 0 Å². The number of para-hydroxylation sites is 1. The van der Waals surface area contributed by atoms with Gasteiger partial charge >= 0.3 is 0 Å². The molecular weight excluding hydrogens is 489 g/mol. The molecule has 0 spiro atoms. The SMILES string of the molecule is Cc1ccc(C[C@H]2S/C(=C(/C#N)C(=O)Nc3cc(Cl)ccc3Cl)N(c3ccccc3)C2=O)cc1. The number of anilines is 2. The van der Waals surface area contributed by atoms with Crippen molar-refractivity contribution >= 4 is 58.2 Å². The van der Waals surface area contributed by atoms with Crippen molar-refractivity contribution < 1.29 is 9.59 Å². The fraction of sp³-hybridized carbons (Fsp3) is 0.115. The van der Waals surface area contributed by atoms with Crippen molar-refractivity contribution in [1.29, 1.82) is 5.26 Å². The molecule has 3 aromatic rings. The molecule has 5 nitrogen and oxygen atoms in total. The summed E-state index contributed by atoms with van der Waals surface area (Å²) in [4.78, 5) is 28.1. The fourth-order valence-corrected chi connectivity index (χ4v) is 5.16. The number of nitrogens with one attached hydrogen (secondary N) is 1. The van der Waals surface area contributed by atoms with E-state index in [0.29, 0.717) is 17.1 Å². The fourth-order valence-electron chi connectivity index (χ4n) is 3.52. The summed E-state index contributed by atoms with van der Waals surface area (Å²) in [6, 6.07) is 23.6. The Balaban J connectivity index is 1.72. The summed E-state index contributed by atoms with van der Waals surface area (Å²) in [6.07, 6.45) is 0.469. The molecule has 8 heteroatoms. The highest BCUT2D eigenvalue weighted by Gasteiger charge is 2.40. The van der Waals surface area contributed by atoms with Gasteiger partial charge in [-0.05, 0) is 49.2 Å². The highest BCUT2D eigenvalue weighted by atomic mass is 35.5. The lowest BCUT2D eigenvalue weighted by Crippen LogP contribution is -2.30. The maximum atomic E-state index is 13.5. The largest absolute Gasteiger partial charge is 0.320 e. The first-order valence-corrected chi connectivity index (χ1v) is 12.0. The molecule has 1 N–H and O–H groups in total. The minimum atomic E-state index is -0.668. The van der Waals surface area contributed by atoms with Crippen LogP contribution >= 0.6 is 35.0 Å². The van der Waals surface area contributed by atoms with E-state index in [2.05, 4.69) is 5.32 Å². The third-order valence-corrected chi connectivity index (χ3v) is 7.07. The Morgan fingerprint density at radius 3 is 2.47 bits per heavy atom. The number of nitrogens with zero attached hydrogens (tertiary/aromatic N) is 2. The van der Waals surface area contributed by atoms with Crippen molar-refractivity contribution in [2.24, 2.45) is 0 Å². The summed E-state index contributed by atoms with van der Waals surface area (Å²) >= 11 is 13.4. The number of rotatable bonds is 5. The number of amides is 2.